The van der Waals surface area contributed by atoms with Crippen LogP contribution in [0.3, 0.4) is 0 Å². The largest absolute Gasteiger partial charge is 0.383 e. The van der Waals surface area contributed by atoms with Crippen LogP contribution in [0, 0.1) is 5.92 Å². The van der Waals surface area contributed by atoms with Crippen molar-refractivity contribution in [2.75, 3.05) is 40.4 Å². The molecule has 2 unspecified atom stereocenters. The summed E-state index contributed by atoms with van der Waals surface area (Å²) in [5, 5.41) is 3.35. The van der Waals surface area contributed by atoms with E-state index < -0.39 is 0 Å². The Morgan fingerprint density at radius 3 is 2.95 bits per heavy atom. The lowest BCUT2D eigenvalue weighted by atomic mass is 9.93. The van der Waals surface area contributed by atoms with Gasteiger partial charge in [-0.2, -0.15) is 0 Å². The molecule has 1 N–H and O–H groups in total. The standard InChI is InChI=1S/C14H25N5O.HI/c1-12-4-7-18(14(15-2)17-6-9-20-3)10-13(12)19-8-5-16-11-19;/h5,8,11-13H,4,6-7,9-10H2,1-3H3,(H,15,17);1H. The van der Waals surface area contributed by atoms with Gasteiger partial charge in [-0.15, -0.1) is 24.0 Å². The normalized spacial score (nSPS) is 22.8. The molecule has 0 bridgehead atoms. The number of hydrogen-bond acceptors (Lipinski definition) is 3. The van der Waals surface area contributed by atoms with E-state index in [1.165, 1.54) is 0 Å². The number of ether oxygens (including phenoxy) is 1. The molecule has 1 aromatic heterocycles. The van der Waals surface area contributed by atoms with Gasteiger partial charge in [-0.1, -0.05) is 6.92 Å². The van der Waals surface area contributed by atoms with Crippen molar-refractivity contribution in [3.63, 3.8) is 0 Å². The fraction of sp³-hybridized carbons (Fsp3) is 0.714. The summed E-state index contributed by atoms with van der Waals surface area (Å²) in [7, 11) is 3.54. The summed E-state index contributed by atoms with van der Waals surface area (Å²) in [5.41, 5.74) is 0. The lowest BCUT2D eigenvalue weighted by Gasteiger charge is -2.39. The maximum Gasteiger partial charge on any atom is 0.193 e. The van der Waals surface area contributed by atoms with Gasteiger partial charge in [-0.05, 0) is 12.3 Å². The van der Waals surface area contributed by atoms with Gasteiger partial charge < -0.3 is 19.5 Å². The lowest BCUT2D eigenvalue weighted by Crippen LogP contribution is -2.49. The second-order valence-corrected chi connectivity index (χ2v) is 5.26. The van der Waals surface area contributed by atoms with Crippen molar-refractivity contribution in [3.05, 3.63) is 18.7 Å². The summed E-state index contributed by atoms with van der Waals surface area (Å²) >= 11 is 0. The number of aromatic nitrogens is 2. The number of hydrogen-bond donors (Lipinski definition) is 1. The first kappa shape index (κ1) is 18.2. The van der Waals surface area contributed by atoms with Crippen molar-refractivity contribution in [3.8, 4) is 0 Å². The summed E-state index contributed by atoms with van der Waals surface area (Å²) in [4.78, 5) is 10.9. The Bertz CT molecular complexity index is 423. The second-order valence-electron chi connectivity index (χ2n) is 5.26. The maximum absolute atomic E-state index is 5.07. The minimum absolute atomic E-state index is 0. The third-order valence-electron chi connectivity index (χ3n) is 3.93. The van der Waals surface area contributed by atoms with Gasteiger partial charge in [0.15, 0.2) is 5.96 Å². The van der Waals surface area contributed by atoms with Gasteiger partial charge in [0.25, 0.3) is 0 Å². The fourth-order valence-electron chi connectivity index (χ4n) is 2.69. The van der Waals surface area contributed by atoms with Crippen molar-refractivity contribution < 1.29 is 4.74 Å². The van der Waals surface area contributed by atoms with Gasteiger partial charge >= 0.3 is 0 Å². The number of rotatable bonds is 4. The highest BCUT2D eigenvalue weighted by atomic mass is 127. The molecule has 0 amide bonds. The smallest absolute Gasteiger partial charge is 0.193 e. The molecule has 2 heterocycles. The minimum Gasteiger partial charge on any atom is -0.383 e. The van der Waals surface area contributed by atoms with Crippen LogP contribution in [0.2, 0.25) is 0 Å². The van der Waals surface area contributed by atoms with Crippen LogP contribution >= 0.6 is 24.0 Å². The monoisotopic (exact) mass is 407 g/mol. The van der Waals surface area contributed by atoms with Crippen molar-refractivity contribution >= 4 is 29.9 Å². The third kappa shape index (κ3) is 4.84. The Morgan fingerprint density at radius 1 is 1.52 bits per heavy atom. The van der Waals surface area contributed by atoms with E-state index in [-0.39, 0.29) is 24.0 Å². The molecular weight excluding hydrogens is 381 g/mol. The van der Waals surface area contributed by atoms with Gasteiger partial charge in [0, 0.05) is 46.2 Å². The number of imidazole rings is 1. The van der Waals surface area contributed by atoms with E-state index in [0.29, 0.717) is 18.6 Å². The molecule has 0 aliphatic carbocycles. The summed E-state index contributed by atoms with van der Waals surface area (Å²) < 4.78 is 7.28. The first-order chi connectivity index (χ1) is 9.76. The van der Waals surface area contributed by atoms with Crippen molar-refractivity contribution in [1.82, 2.24) is 19.8 Å². The average Bonchev–Trinajstić information content (AvgIpc) is 2.99. The van der Waals surface area contributed by atoms with Gasteiger partial charge in [0.2, 0.25) is 0 Å². The Kier molecular flexibility index (Phi) is 8.02. The van der Waals surface area contributed by atoms with E-state index in [0.717, 1.165) is 32.0 Å². The van der Waals surface area contributed by atoms with Crippen LogP contribution in [0.1, 0.15) is 19.4 Å². The number of methoxy groups -OCH3 is 1. The maximum atomic E-state index is 5.07. The lowest BCUT2D eigenvalue weighted by molar-refractivity contribution is 0.183. The Morgan fingerprint density at radius 2 is 2.33 bits per heavy atom. The minimum atomic E-state index is 0. The van der Waals surface area contributed by atoms with E-state index in [1.54, 1.807) is 7.11 Å². The second kappa shape index (κ2) is 9.24. The van der Waals surface area contributed by atoms with Gasteiger partial charge in [-0.3, -0.25) is 4.99 Å². The number of halogens is 1. The zero-order chi connectivity index (χ0) is 14.4. The summed E-state index contributed by atoms with van der Waals surface area (Å²) in [6.45, 7) is 5.78. The molecule has 7 heteroatoms. The number of nitrogens with zero attached hydrogens (tertiary/aromatic N) is 4. The Balaban J connectivity index is 0.00000220. The molecule has 2 atom stereocenters. The fourth-order valence-corrected chi connectivity index (χ4v) is 2.69. The molecule has 0 radical (unpaired) electrons. The summed E-state index contributed by atoms with van der Waals surface area (Å²) in [5.74, 6) is 1.61. The van der Waals surface area contributed by atoms with Gasteiger partial charge in [0.1, 0.15) is 0 Å². The molecule has 120 valence electrons. The number of guanidine groups is 1. The number of aliphatic imine (C=N–C) groups is 1. The van der Waals surface area contributed by atoms with Crippen LogP contribution in [-0.4, -0.2) is 60.8 Å². The Hall–Kier alpha value is -0.830. The van der Waals surface area contributed by atoms with Crippen LogP contribution in [0.25, 0.3) is 0 Å². The summed E-state index contributed by atoms with van der Waals surface area (Å²) in [6, 6.07) is 0.451. The highest BCUT2D eigenvalue weighted by Crippen LogP contribution is 2.27. The van der Waals surface area contributed by atoms with E-state index in [9.17, 15) is 0 Å². The quantitative estimate of drug-likeness (QED) is 0.357. The predicted molar refractivity (Wildman–Crippen MR) is 95.3 cm³/mol. The highest BCUT2D eigenvalue weighted by molar-refractivity contribution is 14.0. The van der Waals surface area contributed by atoms with Crippen LogP contribution in [0.5, 0.6) is 0 Å². The number of piperidine rings is 1. The van der Waals surface area contributed by atoms with Crippen LogP contribution in [0.4, 0.5) is 0 Å². The number of nitrogens with one attached hydrogen (secondary N) is 1. The van der Waals surface area contributed by atoms with E-state index in [1.807, 2.05) is 25.8 Å². The van der Waals surface area contributed by atoms with Crippen molar-refractivity contribution in [2.45, 2.75) is 19.4 Å². The molecule has 0 aromatic carbocycles. The molecular formula is C14H26IN5O. The molecule has 1 saturated heterocycles. The zero-order valence-electron chi connectivity index (χ0n) is 13.0. The molecule has 1 aliphatic heterocycles. The van der Waals surface area contributed by atoms with E-state index in [4.69, 9.17) is 4.74 Å². The molecule has 1 fully saturated rings. The van der Waals surface area contributed by atoms with Crippen LogP contribution in [0.15, 0.2) is 23.7 Å². The SMILES string of the molecule is CN=C(NCCOC)N1CCC(C)C(n2ccnc2)C1.I. The first-order valence-electron chi connectivity index (χ1n) is 7.18. The molecule has 21 heavy (non-hydrogen) atoms. The third-order valence-corrected chi connectivity index (χ3v) is 3.93. The van der Waals surface area contributed by atoms with E-state index in [2.05, 4.69) is 31.7 Å². The van der Waals surface area contributed by atoms with Gasteiger partial charge in [-0.25, -0.2) is 4.98 Å². The molecule has 6 nitrogen and oxygen atoms in total. The predicted octanol–water partition coefficient (Wildman–Crippen LogP) is 1.61. The number of likely N-dealkylation sites (tertiary alicyclic amines) is 1. The first-order valence-corrected chi connectivity index (χ1v) is 7.18. The average molecular weight is 407 g/mol. The molecule has 0 spiro atoms. The van der Waals surface area contributed by atoms with Crippen LogP contribution in [-0.2, 0) is 4.74 Å². The Labute approximate surface area is 144 Å². The molecule has 0 saturated carbocycles. The summed E-state index contributed by atoms with van der Waals surface area (Å²) in [6.07, 6.45) is 6.96. The van der Waals surface area contributed by atoms with Crippen molar-refractivity contribution in [2.24, 2.45) is 10.9 Å². The van der Waals surface area contributed by atoms with Crippen LogP contribution < -0.4 is 5.32 Å². The van der Waals surface area contributed by atoms with Gasteiger partial charge in [0.05, 0.1) is 19.0 Å². The molecule has 1 aliphatic rings. The zero-order valence-corrected chi connectivity index (χ0v) is 15.4. The van der Waals surface area contributed by atoms with Crippen molar-refractivity contribution in [1.29, 1.82) is 0 Å². The molecule has 1 aromatic rings. The highest BCUT2D eigenvalue weighted by Gasteiger charge is 2.28. The molecule has 2 rings (SSSR count). The topological polar surface area (TPSA) is 54.7 Å². The van der Waals surface area contributed by atoms with E-state index >= 15 is 0 Å².